The number of fused-ring (bicyclic) bond motifs is 1. The summed E-state index contributed by atoms with van der Waals surface area (Å²) >= 11 is 0. The molecule has 1 aliphatic rings. The van der Waals surface area contributed by atoms with E-state index in [4.69, 9.17) is 9.84 Å². The molecule has 5 heteroatoms. The van der Waals surface area contributed by atoms with E-state index in [2.05, 4.69) is 0 Å². The minimum absolute atomic E-state index is 0.126. The van der Waals surface area contributed by atoms with Gasteiger partial charge in [0, 0.05) is 6.08 Å². The first-order valence-electron chi connectivity index (χ1n) is 7.19. The van der Waals surface area contributed by atoms with Crippen LogP contribution in [0.3, 0.4) is 0 Å². The predicted molar refractivity (Wildman–Crippen MR) is 81.2 cm³/mol. The van der Waals surface area contributed by atoms with E-state index >= 15 is 0 Å². The van der Waals surface area contributed by atoms with Crippen molar-refractivity contribution in [3.8, 4) is 5.75 Å². The Labute approximate surface area is 131 Å². The molecule has 118 valence electrons. The Morgan fingerprint density at radius 3 is 2.61 bits per heavy atom. The Balaban J connectivity index is 1.86. The molecular weight excluding hydrogens is 302 g/mol. The highest BCUT2D eigenvalue weighted by atomic mass is 19.1. The minimum atomic E-state index is -1.19. The molecule has 0 heterocycles. The van der Waals surface area contributed by atoms with Gasteiger partial charge in [-0.05, 0) is 47.7 Å². The van der Waals surface area contributed by atoms with Crippen molar-refractivity contribution < 1.29 is 23.4 Å². The molecule has 0 saturated heterocycles. The number of benzene rings is 2. The molecule has 2 aromatic rings. The number of hydrogen-bond donors (Lipinski definition) is 1. The SMILES string of the molecule is O=C(O)/C=C/c1cc(F)c(OC2CCc3ccccc32)c(F)c1. The number of rotatable bonds is 4. The molecule has 0 radical (unpaired) electrons. The second-order valence-corrected chi connectivity index (χ2v) is 5.33. The zero-order valence-electron chi connectivity index (χ0n) is 12.1. The number of aryl methyl sites for hydroxylation is 1. The summed E-state index contributed by atoms with van der Waals surface area (Å²) in [6.45, 7) is 0. The normalized spacial score (nSPS) is 16.5. The topological polar surface area (TPSA) is 46.5 Å². The molecule has 0 amide bonds. The lowest BCUT2D eigenvalue weighted by Gasteiger charge is -2.16. The Morgan fingerprint density at radius 2 is 1.91 bits per heavy atom. The summed E-state index contributed by atoms with van der Waals surface area (Å²) in [5.74, 6) is -3.31. The van der Waals surface area contributed by atoms with Gasteiger partial charge in [-0.1, -0.05) is 24.3 Å². The molecule has 1 N–H and O–H groups in total. The van der Waals surface area contributed by atoms with Crippen molar-refractivity contribution in [1.82, 2.24) is 0 Å². The Morgan fingerprint density at radius 1 is 1.22 bits per heavy atom. The van der Waals surface area contributed by atoms with Gasteiger partial charge in [0.25, 0.3) is 0 Å². The van der Waals surface area contributed by atoms with Crippen LogP contribution in [0.25, 0.3) is 6.08 Å². The van der Waals surface area contributed by atoms with Crippen LogP contribution in [0.4, 0.5) is 8.78 Å². The third-order valence-corrected chi connectivity index (χ3v) is 3.78. The van der Waals surface area contributed by atoms with Crippen LogP contribution in [0.5, 0.6) is 5.75 Å². The smallest absolute Gasteiger partial charge is 0.328 e. The summed E-state index contributed by atoms with van der Waals surface area (Å²) < 4.78 is 33.8. The van der Waals surface area contributed by atoms with Gasteiger partial charge in [0.2, 0.25) is 0 Å². The number of carboxylic acid groups (broad SMARTS) is 1. The molecule has 23 heavy (non-hydrogen) atoms. The van der Waals surface area contributed by atoms with Gasteiger partial charge >= 0.3 is 5.97 Å². The van der Waals surface area contributed by atoms with Gasteiger partial charge in [-0.25, -0.2) is 13.6 Å². The van der Waals surface area contributed by atoms with Crippen LogP contribution >= 0.6 is 0 Å². The number of carbonyl (C=O) groups is 1. The quantitative estimate of drug-likeness (QED) is 0.863. The van der Waals surface area contributed by atoms with E-state index in [-0.39, 0.29) is 11.7 Å². The first-order valence-corrected chi connectivity index (χ1v) is 7.19. The van der Waals surface area contributed by atoms with E-state index in [0.29, 0.717) is 6.42 Å². The lowest BCUT2D eigenvalue weighted by Crippen LogP contribution is -2.06. The van der Waals surface area contributed by atoms with Gasteiger partial charge in [-0.3, -0.25) is 0 Å². The molecule has 2 aromatic carbocycles. The zero-order chi connectivity index (χ0) is 16.4. The largest absolute Gasteiger partial charge is 0.480 e. The van der Waals surface area contributed by atoms with Crippen LogP contribution < -0.4 is 4.74 Å². The number of halogens is 2. The average Bonchev–Trinajstić information content (AvgIpc) is 2.92. The van der Waals surface area contributed by atoms with Crippen molar-refractivity contribution >= 4 is 12.0 Å². The maximum atomic E-state index is 14.1. The van der Waals surface area contributed by atoms with Crippen LogP contribution in [-0.2, 0) is 11.2 Å². The number of carboxylic acids is 1. The molecule has 0 aliphatic heterocycles. The number of ether oxygens (including phenoxy) is 1. The fourth-order valence-corrected chi connectivity index (χ4v) is 2.74. The third kappa shape index (κ3) is 3.23. The summed E-state index contributed by atoms with van der Waals surface area (Å²) in [4.78, 5) is 10.5. The van der Waals surface area contributed by atoms with E-state index in [0.717, 1.165) is 41.8 Å². The molecule has 3 nitrogen and oxygen atoms in total. The minimum Gasteiger partial charge on any atom is -0.480 e. The first kappa shape index (κ1) is 15.2. The fourth-order valence-electron chi connectivity index (χ4n) is 2.74. The van der Waals surface area contributed by atoms with Gasteiger partial charge in [0.05, 0.1) is 0 Å². The standard InChI is InChI=1S/C18H14F2O3/c19-14-9-11(5-8-17(21)22)10-15(20)18(14)23-16-7-6-12-3-1-2-4-13(12)16/h1-5,8-10,16H,6-7H2,(H,21,22)/b8-5+. The van der Waals surface area contributed by atoms with E-state index in [9.17, 15) is 13.6 Å². The average molecular weight is 316 g/mol. The van der Waals surface area contributed by atoms with Crippen molar-refractivity contribution in [2.45, 2.75) is 18.9 Å². The summed E-state index contributed by atoms with van der Waals surface area (Å²) in [6.07, 6.45) is 3.05. The molecule has 1 unspecified atom stereocenters. The maximum absolute atomic E-state index is 14.1. The fraction of sp³-hybridized carbons (Fsp3) is 0.167. The van der Waals surface area contributed by atoms with Crippen molar-refractivity contribution in [2.24, 2.45) is 0 Å². The Bertz CT molecular complexity index is 761. The van der Waals surface area contributed by atoms with Crippen molar-refractivity contribution in [1.29, 1.82) is 0 Å². The lowest BCUT2D eigenvalue weighted by molar-refractivity contribution is -0.131. The van der Waals surface area contributed by atoms with Gasteiger partial charge in [0.15, 0.2) is 17.4 Å². The summed E-state index contributed by atoms with van der Waals surface area (Å²) in [5.41, 5.74) is 2.20. The van der Waals surface area contributed by atoms with Crippen molar-refractivity contribution in [2.75, 3.05) is 0 Å². The molecule has 3 rings (SSSR count). The van der Waals surface area contributed by atoms with Crippen LogP contribution in [0.2, 0.25) is 0 Å². The summed E-state index contributed by atoms with van der Waals surface area (Å²) in [6, 6.07) is 9.77. The van der Waals surface area contributed by atoms with Crippen LogP contribution in [-0.4, -0.2) is 11.1 Å². The van der Waals surface area contributed by atoms with Crippen LogP contribution in [0, 0.1) is 11.6 Å². The Kier molecular flexibility index (Phi) is 4.10. The van der Waals surface area contributed by atoms with E-state index < -0.39 is 23.4 Å². The van der Waals surface area contributed by atoms with Crippen molar-refractivity contribution in [3.05, 3.63) is 70.8 Å². The molecule has 0 fully saturated rings. The first-order chi connectivity index (χ1) is 11.0. The predicted octanol–water partition coefficient (Wildman–Crippen LogP) is 4.13. The monoisotopic (exact) mass is 316 g/mol. The van der Waals surface area contributed by atoms with E-state index in [1.54, 1.807) is 0 Å². The third-order valence-electron chi connectivity index (χ3n) is 3.78. The highest BCUT2D eigenvalue weighted by molar-refractivity contribution is 5.85. The summed E-state index contributed by atoms with van der Waals surface area (Å²) in [5, 5.41) is 8.55. The summed E-state index contributed by atoms with van der Waals surface area (Å²) in [7, 11) is 0. The second-order valence-electron chi connectivity index (χ2n) is 5.33. The number of hydrogen-bond acceptors (Lipinski definition) is 2. The lowest BCUT2D eigenvalue weighted by atomic mass is 10.1. The van der Waals surface area contributed by atoms with Gasteiger partial charge in [0.1, 0.15) is 6.10 Å². The van der Waals surface area contributed by atoms with Gasteiger partial charge < -0.3 is 9.84 Å². The maximum Gasteiger partial charge on any atom is 0.328 e. The highest BCUT2D eigenvalue weighted by Gasteiger charge is 2.26. The molecule has 0 saturated carbocycles. The Hall–Kier alpha value is -2.69. The van der Waals surface area contributed by atoms with Gasteiger partial charge in [-0.15, -0.1) is 0 Å². The molecule has 0 spiro atoms. The van der Waals surface area contributed by atoms with E-state index in [1.807, 2.05) is 24.3 Å². The second kappa shape index (κ2) is 6.20. The molecule has 0 aromatic heterocycles. The number of aliphatic carboxylic acids is 1. The molecular formula is C18H14F2O3. The van der Waals surface area contributed by atoms with E-state index in [1.165, 1.54) is 0 Å². The van der Waals surface area contributed by atoms with Crippen LogP contribution in [0.1, 0.15) is 29.2 Å². The molecule has 0 bridgehead atoms. The van der Waals surface area contributed by atoms with Crippen LogP contribution in [0.15, 0.2) is 42.5 Å². The van der Waals surface area contributed by atoms with Crippen molar-refractivity contribution in [3.63, 3.8) is 0 Å². The zero-order valence-corrected chi connectivity index (χ0v) is 12.1. The highest BCUT2D eigenvalue weighted by Crippen LogP contribution is 2.36. The van der Waals surface area contributed by atoms with Gasteiger partial charge in [-0.2, -0.15) is 0 Å². The molecule has 1 aliphatic carbocycles. The molecule has 1 atom stereocenters.